The number of rotatable bonds is 24. The number of phenols is 1. The zero-order valence-corrected chi connectivity index (χ0v) is 46.8. The van der Waals surface area contributed by atoms with Gasteiger partial charge in [0.1, 0.15) is 60.4 Å². The van der Waals surface area contributed by atoms with Crippen LogP contribution in [-0.2, 0) is 57.4 Å². The van der Waals surface area contributed by atoms with Crippen LogP contribution in [0.25, 0.3) is 0 Å². The van der Waals surface area contributed by atoms with Crippen LogP contribution in [0.4, 0.5) is 0 Å². The Morgan fingerprint density at radius 3 is 1.92 bits per heavy atom. The molecule has 474 valence electrons. The van der Waals surface area contributed by atoms with E-state index in [1.807, 2.05) is 5.32 Å². The summed E-state index contributed by atoms with van der Waals surface area (Å²) >= 11 is 0. The van der Waals surface area contributed by atoms with Gasteiger partial charge in [-0.2, -0.15) is 0 Å². The normalized spacial score (nSPS) is 27.6. The minimum absolute atomic E-state index is 0.00117. The van der Waals surface area contributed by atoms with Crippen molar-refractivity contribution >= 4 is 59.1 Å². The Bertz CT molecular complexity index is 2320. The molecule has 23 N–H and O–H groups in total. The quantitative estimate of drug-likeness (QED) is 0.0428. The lowest BCUT2D eigenvalue weighted by Crippen LogP contribution is -2.60. The molecule has 9 amide bonds. The number of carbonyl (C=O) groups excluding carboxylic acids is 9. The molecule has 3 rings (SSSR count). The summed E-state index contributed by atoms with van der Waals surface area (Å²) in [4.78, 5) is 134. The summed E-state index contributed by atoms with van der Waals surface area (Å²) in [6.45, 7) is -1.95. The standard InChI is InChI=1S/C52H85N11O21/c1-2-3-4-5-6-7-8-9-27(53)16-30(67)19-31(84-52-45(76)44(75)37(68)25-83-52)17-28-18-39(70)59-36(24-65)50(81)63-42(43(74)26-10-12-29(66)13-11-26)51(82)61-34(21-41(72)73)49(80)62-35(23-64)47(78)57-22-40(71)56-15-14-32(54)46(77)60-33(20-38(55)69)48(79)58-28/h10-13,27-28,30-37,42-45,52,64-68,74-76H,2-9,14-25,53-54H2,1H3,(H2,55,69)(H,56,71)(H,57,78)(H,58,79)(H,59,70)(H,60,77)(H,61,82)(H,62,80)(H,63,81)(H,72,73)/t27?,28-,30?,31?,32-,33-,34-,35-,36-,37+,42-,43?,44-,45+,52?/m0/s1. The van der Waals surface area contributed by atoms with E-state index in [4.69, 9.17) is 26.7 Å². The molecule has 84 heavy (non-hydrogen) atoms. The first-order valence-corrected chi connectivity index (χ1v) is 27.8. The van der Waals surface area contributed by atoms with E-state index in [0.717, 1.165) is 69.2 Å². The van der Waals surface area contributed by atoms with Crippen molar-refractivity contribution in [3.05, 3.63) is 29.8 Å². The van der Waals surface area contributed by atoms with Gasteiger partial charge in [-0.25, -0.2) is 0 Å². The molecule has 0 bridgehead atoms. The van der Waals surface area contributed by atoms with E-state index in [0.29, 0.717) is 6.42 Å². The average Bonchev–Trinajstić information content (AvgIpc) is 3.62. The predicted molar refractivity (Wildman–Crippen MR) is 291 cm³/mol. The largest absolute Gasteiger partial charge is 0.508 e. The fourth-order valence-electron chi connectivity index (χ4n) is 9.07. The van der Waals surface area contributed by atoms with Gasteiger partial charge in [0.2, 0.25) is 53.2 Å². The topological polar surface area (TPSA) is 546 Å². The molecule has 2 aliphatic heterocycles. The van der Waals surface area contributed by atoms with Crippen molar-refractivity contribution in [2.75, 3.05) is 32.9 Å². The number of phenolic OH excluding ortho intramolecular Hbond substituents is 1. The van der Waals surface area contributed by atoms with Crippen molar-refractivity contribution in [2.45, 2.75) is 194 Å². The number of carboxylic acid groups (broad SMARTS) is 1. The van der Waals surface area contributed by atoms with Gasteiger partial charge in [0, 0.05) is 25.0 Å². The predicted octanol–water partition coefficient (Wildman–Crippen LogP) is -7.15. The van der Waals surface area contributed by atoms with E-state index in [9.17, 15) is 93.9 Å². The minimum Gasteiger partial charge on any atom is -0.508 e. The third-order valence-electron chi connectivity index (χ3n) is 13.8. The lowest BCUT2D eigenvalue weighted by atomic mass is 9.95. The van der Waals surface area contributed by atoms with Gasteiger partial charge < -0.3 is 115 Å². The molecule has 1 aromatic rings. The summed E-state index contributed by atoms with van der Waals surface area (Å²) in [5, 5.41) is 112. The molecule has 0 spiro atoms. The van der Waals surface area contributed by atoms with Gasteiger partial charge in [0.15, 0.2) is 6.29 Å². The fourth-order valence-corrected chi connectivity index (χ4v) is 9.07. The third kappa shape index (κ3) is 25.2. The van der Waals surface area contributed by atoms with Crippen LogP contribution in [0.3, 0.4) is 0 Å². The second-order valence-corrected chi connectivity index (χ2v) is 20.9. The maximum absolute atomic E-state index is 14.2. The van der Waals surface area contributed by atoms with E-state index < -0.39 is 202 Å². The van der Waals surface area contributed by atoms with Gasteiger partial charge in [-0.05, 0) is 49.8 Å². The Balaban J connectivity index is 2.12. The van der Waals surface area contributed by atoms with Gasteiger partial charge in [0.25, 0.3) is 0 Å². The summed E-state index contributed by atoms with van der Waals surface area (Å²) < 4.78 is 11.6. The third-order valence-corrected chi connectivity index (χ3v) is 13.8. The second kappa shape index (κ2) is 36.9. The van der Waals surface area contributed by atoms with Crippen molar-refractivity contribution in [1.82, 2.24) is 42.5 Å². The first kappa shape index (κ1) is 71.5. The molecular formula is C52H85N11O21. The van der Waals surface area contributed by atoms with Gasteiger partial charge in [0.05, 0.1) is 57.5 Å². The molecular weight excluding hydrogens is 1110 g/mol. The Hall–Kier alpha value is -6.72. The number of amides is 9. The molecule has 2 fully saturated rings. The fraction of sp³-hybridized carbons (Fsp3) is 0.692. The highest BCUT2D eigenvalue weighted by atomic mass is 16.7. The number of carbonyl (C=O) groups is 10. The molecule has 0 aliphatic carbocycles. The van der Waals surface area contributed by atoms with Crippen molar-refractivity contribution in [2.24, 2.45) is 17.2 Å². The molecule has 0 radical (unpaired) electrons. The lowest BCUT2D eigenvalue weighted by molar-refractivity contribution is -0.285. The molecule has 15 atom stereocenters. The van der Waals surface area contributed by atoms with Crippen molar-refractivity contribution < 1.29 is 103 Å². The highest BCUT2D eigenvalue weighted by Crippen LogP contribution is 2.25. The maximum atomic E-state index is 14.2. The minimum atomic E-state index is -2.24. The van der Waals surface area contributed by atoms with Crippen LogP contribution in [0.2, 0.25) is 0 Å². The van der Waals surface area contributed by atoms with E-state index in [1.165, 1.54) is 0 Å². The summed E-state index contributed by atoms with van der Waals surface area (Å²) in [6, 6.07) is -9.29. The Morgan fingerprint density at radius 2 is 1.29 bits per heavy atom. The van der Waals surface area contributed by atoms with Gasteiger partial charge in [-0.15, -0.1) is 0 Å². The molecule has 2 heterocycles. The monoisotopic (exact) mass is 1200 g/mol. The van der Waals surface area contributed by atoms with Crippen LogP contribution < -0.4 is 59.7 Å². The number of ether oxygens (including phenoxy) is 2. The number of primary amides is 1. The summed E-state index contributed by atoms with van der Waals surface area (Å²) in [5.74, 6) is -12.9. The number of nitrogens with two attached hydrogens (primary N) is 3. The van der Waals surface area contributed by atoms with Gasteiger partial charge >= 0.3 is 5.97 Å². The van der Waals surface area contributed by atoms with Crippen LogP contribution in [0.1, 0.15) is 115 Å². The lowest BCUT2D eigenvalue weighted by Gasteiger charge is -2.38. The highest BCUT2D eigenvalue weighted by Gasteiger charge is 2.41. The molecule has 2 saturated heterocycles. The first-order chi connectivity index (χ1) is 39.8. The van der Waals surface area contributed by atoms with Crippen LogP contribution in [0.5, 0.6) is 5.75 Å². The van der Waals surface area contributed by atoms with Gasteiger partial charge in [-0.3, -0.25) is 47.9 Å². The molecule has 0 saturated carbocycles. The first-order valence-electron chi connectivity index (χ1n) is 27.8. The number of aliphatic carboxylic acids is 1. The number of aliphatic hydroxyl groups excluding tert-OH is 7. The van der Waals surface area contributed by atoms with Crippen LogP contribution >= 0.6 is 0 Å². The van der Waals surface area contributed by atoms with E-state index in [1.54, 1.807) is 0 Å². The Morgan fingerprint density at radius 1 is 0.702 bits per heavy atom. The number of hydrogen-bond donors (Lipinski definition) is 20. The van der Waals surface area contributed by atoms with Crippen LogP contribution in [0.15, 0.2) is 24.3 Å². The van der Waals surface area contributed by atoms with E-state index in [-0.39, 0.29) is 37.1 Å². The SMILES string of the molecule is CCCCCCCCCC(N)CC(O)CC(C[C@H]1CC(=O)N[C@@H](CO)C(=O)N[C@@H](C(O)c2ccc(O)cc2)C(=O)N[C@@H](CC(=O)O)C(=O)N[C@@H](CO)C(=O)NCC(=O)NCC[C@H](N)C(=O)N[C@@H](CC(N)=O)C(=O)N1)OC1OC[C@@H](O)[C@H](O)[C@H]1O. The Kier molecular flexibility index (Phi) is 31.4. The summed E-state index contributed by atoms with van der Waals surface area (Å²) in [6.07, 6.45) is -8.31. The number of benzene rings is 1. The Labute approximate surface area is 484 Å². The van der Waals surface area contributed by atoms with Crippen LogP contribution in [0, 0.1) is 0 Å². The number of unbranched alkanes of at least 4 members (excludes halogenated alkanes) is 6. The number of carboxylic acids is 1. The molecule has 0 aromatic heterocycles. The molecule has 1 aromatic carbocycles. The van der Waals surface area contributed by atoms with Gasteiger partial charge in [-0.1, -0.05) is 64.0 Å². The molecule has 32 heteroatoms. The maximum Gasteiger partial charge on any atom is 0.305 e. The van der Waals surface area contributed by atoms with Crippen molar-refractivity contribution in [3.63, 3.8) is 0 Å². The molecule has 5 unspecified atom stereocenters. The average molecular weight is 1200 g/mol. The highest BCUT2D eigenvalue weighted by molar-refractivity contribution is 5.98. The van der Waals surface area contributed by atoms with Crippen molar-refractivity contribution in [1.29, 1.82) is 0 Å². The number of aliphatic hydroxyl groups is 7. The summed E-state index contributed by atoms with van der Waals surface area (Å²) in [7, 11) is 0. The number of nitrogens with one attached hydrogen (secondary N) is 8. The van der Waals surface area contributed by atoms with E-state index in [2.05, 4.69) is 44.1 Å². The molecule has 2 aliphatic rings. The number of hydrogen-bond acceptors (Lipinski definition) is 22. The molecule has 32 nitrogen and oxygen atoms in total. The van der Waals surface area contributed by atoms with E-state index >= 15 is 0 Å². The zero-order valence-electron chi connectivity index (χ0n) is 46.8. The second-order valence-electron chi connectivity index (χ2n) is 20.9. The zero-order chi connectivity index (χ0) is 62.6. The smallest absolute Gasteiger partial charge is 0.305 e. The summed E-state index contributed by atoms with van der Waals surface area (Å²) in [5.41, 5.74) is 17.8. The van der Waals surface area contributed by atoms with Crippen LogP contribution in [-0.4, -0.2) is 223 Å². The van der Waals surface area contributed by atoms with Crippen molar-refractivity contribution in [3.8, 4) is 5.75 Å². The number of aromatic hydroxyl groups is 1.